The number of sulfone groups is 1. The van der Waals surface area contributed by atoms with Crippen LogP contribution in [0.25, 0.3) is 0 Å². The standard InChI is InChI=1S/C20H24N4O7S3/c1-24(2)34(28,29)17-11-21-20(32-17)22-19(25)18(23-31-14-9-10-30-12-14)13-3-5-15(6-4-13)33(26,27)16-7-8-16/h3-6,11,14,16H,7-10,12H2,1-2H3,(H,21,22,25)/b23-18+/t14-/m1/s1. The van der Waals surface area contributed by atoms with Crippen LogP contribution >= 0.6 is 11.3 Å². The number of sulfonamides is 1. The highest BCUT2D eigenvalue weighted by Gasteiger charge is 2.37. The van der Waals surface area contributed by atoms with Gasteiger partial charge in [0.1, 0.15) is 0 Å². The molecule has 2 aliphatic rings. The normalized spacial score (nSPS) is 19.4. The van der Waals surface area contributed by atoms with Gasteiger partial charge in [0, 0.05) is 26.1 Å². The molecule has 1 atom stereocenters. The first-order chi connectivity index (χ1) is 16.1. The van der Waals surface area contributed by atoms with Crippen LogP contribution in [0.15, 0.2) is 44.7 Å². The van der Waals surface area contributed by atoms with Crippen molar-refractivity contribution in [2.45, 2.75) is 39.7 Å². The molecule has 4 rings (SSSR count). The second kappa shape index (κ2) is 9.70. The Bertz CT molecular complexity index is 1290. The molecule has 14 heteroatoms. The molecule has 34 heavy (non-hydrogen) atoms. The topological polar surface area (TPSA) is 144 Å². The highest BCUT2D eigenvalue weighted by atomic mass is 32.2. The number of benzene rings is 1. The molecule has 1 aliphatic heterocycles. The number of ether oxygens (including phenoxy) is 1. The highest BCUT2D eigenvalue weighted by Crippen LogP contribution is 2.33. The van der Waals surface area contributed by atoms with E-state index in [1.165, 1.54) is 38.4 Å². The third kappa shape index (κ3) is 5.30. The Hall–Kier alpha value is -2.39. The largest absolute Gasteiger partial charge is 0.389 e. The number of hydrogen-bond donors (Lipinski definition) is 1. The van der Waals surface area contributed by atoms with Crippen molar-refractivity contribution in [3.63, 3.8) is 0 Å². The van der Waals surface area contributed by atoms with Gasteiger partial charge in [0.15, 0.2) is 31.0 Å². The number of nitrogens with one attached hydrogen (secondary N) is 1. The maximum atomic E-state index is 13.0. The highest BCUT2D eigenvalue weighted by molar-refractivity contribution is 7.92. The quantitative estimate of drug-likeness (QED) is 0.381. The fourth-order valence-corrected chi connectivity index (χ4v) is 6.95. The lowest BCUT2D eigenvalue weighted by Crippen LogP contribution is -2.25. The Labute approximate surface area is 201 Å². The van der Waals surface area contributed by atoms with E-state index in [1.807, 2.05) is 0 Å². The number of rotatable bonds is 9. The summed E-state index contributed by atoms with van der Waals surface area (Å²) in [6.45, 7) is 0.868. The zero-order chi connectivity index (χ0) is 24.5. The molecule has 1 amide bonds. The van der Waals surface area contributed by atoms with Crippen LogP contribution in [0, 0.1) is 0 Å². The van der Waals surface area contributed by atoms with Crippen LogP contribution in [0.5, 0.6) is 0 Å². The lowest BCUT2D eigenvalue weighted by Gasteiger charge is -2.10. The number of aromatic nitrogens is 1. The van der Waals surface area contributed by atoms with Gasteiger partial charge < -0.3 is 9.57 Å². The van der Waals surface area contributed by atoms with Crippen LogP contribution in [0.4, 0.5) is 5.13 Å². The summed E-state index contributed by atoms with van der Waals surface area (Å²) in [6.07, 6.45) is 2.77. The van der Waals surface area contributed by atoms with E-state index in [-0.39, 0.29) is 31.3 Å². The van der Waals surface area contributed by atoms with Crippen LogP contribution in [-0.2, 0) is 34.2 Å². The Morgan fingerprint density at radius 1 is 1.18 bits per heavy atom. The molecule has 0 spiro atoms. The van der Waals surface area contributed by atoms with Crippen molar-refractivity contribution in [2.75, 3.05) is 32.6 Å². The SMILES string of the molecule is CN(C)S(=O)(=O)c1cnc(NC(=O)/C(=N/O[C@@H]2CCOC2)c2ccc(S(=O)(=O)C3CC3)cc2)s1. The maximum Gasteiger partial charge on any atom is 0.280 e. The molecule has 1 aliphatic carbocycles. The van der Waals surface area contributed by atoms with E-state index in [2.05, 4.69) is 15.5 Å². The molecule has 0 radical (unpaired) electrons. The zero-order valence-electron chi connectivity index (χ0n) is 18.5. The van der Waals surface area contributed by atoms with E-state index in [0.29, 0.717) is 38.0 Å². The molecule has 11 nitrogen and oxygen atoms in total. The number of amides is 1. The van der Waals surface area contributed by atoms with Gasteiger partial charge in [0.05, 0.1) is 29.6 Å². The van der Waals surface area contributed by atoms with Crippen LogP contribution < -0.4 is 5.32 Å². The predicted molar refractivity (Wildman–Crippen MR) is 125 cm³/mol. The number of carbonyl (C=O) groups is 1. The predicted octanol–water partition coefficient (Wildman–Crippen LogP) is 1.48. The molecular formula is C20H24N4O7S3. The van der Waals surface area contributed by atoms with E-state index >= 15 is 0 Å². The molecule has 1 aromatic carbocycles. The Balaban J connectivity index is 1.58. The first-order valence-electron chi connectivity index (χ1n) is 10.4. The second-order valence-corrected chi connectivity index (χ2v) is 13.7. The average molecular weight is 529 g/mol. The maximum absolute atomic E-state index is 13.0. The molecule has 2 aromatic rings. The van der Waals surface area contributed by atoms with Gasteiger partial charge in [-0.05, 0) is 25.0 Å². The lowest BCUT2D eigenvalue weighted by molar-refractivity contribution is -0.110. The van der Waals surface area contributed by atoms with Gasteiger partial charge >= 0.3 is 0 Å². The lowest BCUT2D eigenvalue weighted by atomic mass is 10.1. The first kappa shape index (κ1) is 24.7. The van der Waals surface area contributed by atoms with E-state index in [0.717, 1.165) is 21.8 Å². The molecule has 1 saturated heterocycles. The summed E-state index contributed by atoms with van der Waals surface area (Å²) in [6, 6.07) is 5.86. The monoisotopic (exact) mass is 528 g/mol. The average Bonchev–Trinajstić information content (AvgIpc) is 3.34. The van der Waals surface area contributed by atoms with Crippen molar-refractivity contribution < 1.29 is 31.2 Å². The third-order valence-electron chi connectivity index (χ3n) is 5.26. The minimum Gasteiger partial charge on any atom is -0.389 e. The van der Waals surface area contributed by atoms with Crippen LogP contribution in [0.2, 0.25) is 0 Å². The van der Waals surface area contributed by atoms with Gasteiger partial charge in [-0.2, -0.15) is 0 Å². The first-order valence-corrected chi connectivity index (χ1v) is 14.2. The summed E-state index contributed by atoms with van der Waals surface area (Å²) in [5.41, 5.74) is 0.235. The minimum atomic E-state index is -3.69. The summed E-state index contributed by atoms with van der Waals surface area (Å²) in [4.78, 5) is 22.7. The summed E-state index contributed by atoms with van der Waals surface area (Å²) in [7, 11) is -4.28. The Morgan fingerprint density at radius 3 is 2.47 bits per heavy atom. The summed E-state index contributed by atoms with van der Waals surface area (Å²) >= 11 is 0.801. The van der Waals surface area contributed by atoms with Crippen molar-refractivity contribution >= 4 is 47.9 Å². The van der Waals surface area contributed by atoms with Gasteiger partial charge in [-0.15, -0.1) is 0 Å². The van der Waals surface area contributed by atoms with Crippen molar-refractivity contribution in [3.05, 3.63) is 36.0 Å². The number of nitrogens with zero attached hydrogens (tertiary/aromatic N) is 3. The molecule has 1 aromatic heterocycles. The fraction of sp³-hybridized carbons (Fsp3) is 0.450. The summed E-state index contributed by atoms with van der Waals surface area (Å²) in [5, 5.41) is 6.28. The van der Waals surface area contributed by atoms with Crippen LogP contribution in [0.1, 0.15) is 24.8 Å². The Kier molecular flexibility index (Phi) is 7.05. The van der Waals surface area contributed by atoms with E-state index in [4.69, 9.17) is 9.57 Å². The number of oxime groups is 1. The molecule has 0 bridgehead atoms. The van der Waals surface area contributed by atoms with Crippen molar-refractivity contribution in [1.82, 2.24) is 9.29 Å². The van der Waals surface area contributed by atoms with E-state index in [1.54, 1.807) is 0 Å². The molecule has 2 fully saturated rings. The zero-order valence-corrected chi connectivity index (χ0v) is 21.0. The summed E-state index contributed by atoms with van der Waals surface area (Å²) in [5.74, 6) is -0.681. The van der Waals surface area contributed by atoms with Crippen molar-refractivity contribution in [3.8, 4) is 0 Å². The van der Waals surface area contributed by atoms with Gasteiger partial charge in [0.2, 0.25) is 0 Å². The van der Waals surface area contributed by atoms with Gasteiger partial charge in [0.25, 0.3) is 15.9 Å². The Morgan fingerprint density at radius 2 is 1.88 bits per heavy atom. The van der Waals surface area contributed by atoms with E-state index < -0.39 is 25.8 Å². The fourth-order valence-electron chi connectivity index (χ4n) is 3.09. The molecule has 184 valence electrons. The van der Waals surface area contributed by atoms with Crippen molar-refractivity contribution in [1.29, 1.82) is 0 Å². The number of carbonyl (C=O) groups excluding carboxylic acids is 1. The van der Waals surface area contributed by atoms with Crippen molar-refractivity contribution in [2.24, 2.45) is 5.16 Å². The molecule has 2 heterocycles. The van der Waals surface area contributed by atoms with Gasteiger partial charge in [-0.25, -0.2) is 26.1 Å². The molecular weight excluding hydrogens is 504 g/mol. The number of anilines is 1. The molecule has 1 N–H and O–H groups in total. The minimum absolute atomic E-state index is 0.0275. The molecule has 0 unspecified atom stereocenters. The van der Waals surface area contributed by atoms with E-state index in [9.17, 15) is 21.6 Å². The van der Waals surface area contributed by atoms with Crippen LogP contribution in [0.3, 0.4) is 0 Å². The van der Waals surface area contributed by atoms with Crippen LogP contribution in [-0.4, -0.2) is 76.4 Å². The second-order valence-electron chi connectivity index (χ2n) is 8.03. The molecule has 1 saturated carbocycles. The number of thiazole rings is 1. The van der Waals surface area contributed by atoms with Gasteiger partial charge in [-0.1, -0.05) is 28.6 Å². The summed E-state index contributed by atoms with van der Waals surface area (Å²) < 4.78 is 55.8. The number of hydrogen-bond acceptors (Lipinski definition) is 10. The smallest absolute Gasteiger partial charge is 0.280 e. The third-order valence-corrected chi connectivity index (χ3v) is 10.7. The van der Waals surface area contributed by atoms with Gasteiger partial charge in [-0.3, -0.25) is 10.1 Å².